The highest BCUT2D eigenvalue weighted by Crippen LogP contribution is 2.19. The van der Waals surface area contributed by atoms with Crippen molar-refractivity contribution in [1.82, 2.24) is 19.9 Å². The van der Waals surface area contributed by atoms with Gasteiger partial charge in [-0.25, -0.2) is 9.50 Å². The summed E-state index contributed by atoms with van der Waals surface area (Å²) >= 11 is 0. The monoisotopic (exact) mass is 336 g/mol. The molecule has 3 aromatic rings. The number of nitrogens with zero attached hydrogens (tertiary/aromatic N) is 3. The summed E-state index contributed by atoms with van der Waals surface area (Å²) in [7, 11) is 0. The summed E-state index contributed by atoms with van der Waals surface area (Å²) in [6.45, 7) is 3.26. The van der Waals surface area contributed by atoms with E-state index in [0.717, 1.165) is 36.4 Å². The van der Waals surface area contributed by atoms with Crippen molar-refractivity contribution >= 4 is 11.6 Å². The highest BCUT2D eigenvalue weighted by Gasteiger charge is 2.18. The molecule has 1 aliphatic rings. The fraction of sp³-hybridized carbons (Fsp3) is 0.316. The second kappa shape index (κ2) is 6.64. The van der Waals surface area contributed by atoms with Gasteiger partial charge < -0.3 is 10.1 Å². The standard InChI is InChI=1S/C19H20N4O2/c1-13-10-16(14-6-3-2-4-7-14)21-18-11-17(22-23(13)18)19(24)20-12-15-8-5-9-25-15/h2-4,6-7,10-11,15H,5,8-9,12H2,1H3,(H,20,24)/t15-/m1/s1. The number of aromatic nitrogens is 3. The first-order chi connectivity index (χ1) is 12.2. The maximum absolute atomic E-state index is 12.4. The van der Waals surface area contributed by atoms with Gasteiger partial charge in [0.15, 0.2) is 11.3 Å². The number of ether oxygens (including phenoxy) is 1. The Morgan fingerprint density at radius 3 is 2.92 bits per heavy atom. The maximum Gasteiger partial charge on any atom is 0.271 e. The van der Waals surface area contributed by atoms with E-state index in [0.29, 0.717) is 17.9 Å². The van der Waals surface area contributed by atoms with Gasteiger partial charge in [0.05, 0.1) is 11.8 Å². The van der Waals surface area contributed by atoms with Crippen molar-refractivity contribution in [3.63, 3.8) is 0 Å². The second-order valence-corrected chi connectivity index (χ2v) is 6.29. The van der Waals surface area contributed by atoms with Crippen LogP contribution in [0, 0.1) is 6.92 Å². The summed E-state index contributed by atoms with van der Waals surface area (Å²) in [4.78, 5) is 17.0. The Labute approximate surface area is 145 Å². The molecular formula is C19H20N4O2. The minimum absolute atomic E-state index is 0.116. The third-order valence-electron chi connectivity index (χ3n) is 4.42. The Hall–Kier alpha value is -2.73. The Morgan fingerprint density at radius 1 is 1.32 bits per heavy atom. The van der Waals surface area contributed by atoms with E-state index in [2.05, 4.69) is 15.4 Å². The molecule has 3 heterocycles. The van der Waals surface area contributed by atoms with E-state index in [9.17, 15) is 4.79 Å². The van der Waals surface area contributed by atoms with Crippen LogP contribution in [-0.4, -0.2) is 39.8 Å². The first-order valence-corrected chi connectivity index (χ1v) is 8.53. The number of amides is 1. The number of carbonyl (C=O) groups excluding carboxylic acids is 1. The minimum atomic E-state index is -0.193. The molecule has 0 radical (unpaired) electrons. The van der Waals surface area contributed by atoms with Crippen LogP contribution < -0.4 is 5.32 Å². The van der Waals surface area contributed by atoms with Gasteiger partial charge in [0, 0.05) is 30.5 Å². The van der Waals surface area contributed by atoms with Crippen LogP contribution in [0.5, 0.6) is 0 Å². The van der Waals surface area contributed by atoms with Gasteiger partial charge in [0.1, 0.15) is 0 Å². The second-order valence-electron chi connectivity index (χ2n) is 6.29. The fourth-order valence-corrected chi connectivity index (χ4v) is 3.10. The molecule has 6 nitrogen and oxygen atoms in total. The van der Waals surface area contributed by atoms with E-state index < -0.39 is 0 Å². The lowest BCUT2D eigenvalue weighted by Crippen LogP contribution is -2.32. The normalized spacial score (nSPS) is 17.1. The third-order valence-corrected chi connectivity index (χ3v) is 4.42. The van der Waals surface area contributed by atoms with Gasteiger partial charge >= 0.3 is 0 Å². The van der Waals surface area contributed by atoms with E-state index in [1.54, 1.807) is 10.6 Å². The zero-order valence-electron chi connectivity index (χ0n) is 14.1. The fourth-order valence-electron chi connectivity index (χ4n) is 3.10. The Morgan fingerprint density at radius 2 is 2.16 bits per heavy atom. The molecule has 6 heteroatoms. The number of carbonyl (C=O) groups is 1. The van der Waals surface area contributed by atoms with Gasteiger partial charge in [0.2, 0.25) is 0 Å². The highest BCUT2D eigenvalue weighted by atomic mass is 16.5. The van der Waals surface area contributed by atoms with Gasteiger partial charge in [-0.1, -0.05) is 30.3 Å². The molecule has 0 aliphatic carbocycles. The number of fused-ring (bicyclic) bond motifs is 1. The van der Waals surface area contributed by atoms with Crippen LogP contribution in [0.2, 0.25) is 0 Å². The van der Waals surface area contributed by atoms with Crippen molar-refractivity contribution in [3.8, 4) is 11.3 Å². The van der Waals surface area contributed by atoms with Crippen LogP contribution in [-0.2, 0) is 4.74 Å². The van der Waals surface area contributed by atoms with Gasteiger partial charge in [-0.2, -0.15) is 5.10 Å². The quantitative estimate of drug-likeness (QED) is 0.795. The van der Waals surface area contributed by atoms with Crippen molar-refractivity contribution in [2.75, 3.05) is 13.2 Å². The SMILES string of the molecule is Cc1cc(-c2ccccc2)nc2cc(C(=O)NC[C@H]3CCCO3)nn12. The molecule has 1 fully saturated rings. The molecule has 4 rings (SSSR count). The number of rotatable bonds is 4. The average Bonchev–Trinajstić information content (AvgIpc) is 3.30. The van der Waals surface area contributed by atoms with E-state index in [1.807, 2.05) is 43.3 Å². The van der Waals surface area contributed by atoms with Crippen molar-refractivity contribution < 1.29 is 9.53 Å². The van der Waals surface area contributed by atoms with Crippen molar-refractivity contribution in [2.24, 2.45) is 0 Å². The van der Waals surface area contributed by atoms with Gasteiger partial charge in [0.25, 0.3) is 5.91 Å². The smallest absolute Gasteiger partial charge is 0.271 e. The lowest BCUT2D eigenvalue weighted by atomic mass is 10.1. The molecule has 0 saturated carbocycles. The number of aryl methyl sites for hydroxylation is 1. The summed E-state index contributed by atoms with van der Waals surface area (Å²) in [6, 6.07) is 13.7. The Balaban J connectivity index is 1.59. The Kier molecular flexibility index (Phi) is 4.19. The number of hydrogen-bond donors (Lipinski definition) is 1. The summed E-state index contributed by atoms with van der Waals surface area (Å²) in [6.07, 6.45) is 2.16. The summed E-state index contributed by atoms with van der Waals surface area (Å²) in [5, 5.41) is 7.29. The molecular weight excluding hydrogens is 316 g/mol. The molecule has 25 heavy (non-hydrogen) atoms. The van der Waals surface area contributed by atoms with E-state index >= 15 is 0 Å². The first kappa shape index (κ1) is 15.8. The molecule has 0 spiro atoms. The summed E-state index contributed by atoms with van der Waals surface area (Å²) < 4.78 is 7.23. The van der Waals surface area contributed by atoms with Crippen molar-refractivity contribution in [2.45, 2.75) is 25.9 Å². The average molecular weight is 336 g/mol. The Bertz CT molecular complexity index is 898. The number of nitrogens with one attached hydrogen (secondary N) is 1. The van der Waals surface area contributed by atoms with Crippen LogP contribution in [0.25, 0.3) is 16.9 Å². The number of hydrogen-bond acceptors (Lipinski definition) is 4. The van der Waals surface area contributed by atoms with Crippen molar-refractivity contribution in [1.29, 1.82) is 0 Å². The highest BCUT2D eigenvalue weighted by molar-refractivity contribution is 5.93. The largest absolute Gasteiger partial charge is 0.376 e. The molecule has 1 aromatic carbocycles. The molecule has 0 unspecified atom stereocenters. The topological polar surface area (TPSA) is 68.5 Å². The molecule has 1 N–H and O–H groups in total. The summed E-state index contributed by atoms with van der Waals surface area (Å²) in [5.74, 6) is -0.193. The molecule has 1 saturated heterocycles. The van der Waals surface area contributed by atoms with Crippen LogP contribution in [0.15, 0.2) is 42.5 Å². The number of benzene rings is 1. The lowest BCUT2D eigenvalue weighted by molar-refractivity contribution is 0.0853. The molecule has 128 valence electrons. The maximum atomic E-state index is 12.4. The lowest BCUT2D eigenvalue weighted by Gasteiger charge is -2.09. The molecule has 2 aromatic heterocycles. The van der Waals surface area contributed by atoms with Crippen LogP contribution >= 0.6 is 0 Å². The van der Waals surface area contributed by atoms with Gasteiger partial charge in [-0.05, 0) is 25.8 Å². The predicted molar refractivity (Wildman–Crippen MR) is 94.5 cm³/mol. The van der Waals surface area contributed by atoms with Crippen LogP contribution in [0.1, 0.15) is 29.0 Å². The predicted octanol–water partition coefficient (Wildman–Crippen LogP) is 2.61. The summed E-state index contributed by atoms with van der Waals surface area (Å²) in [5.41, 5.74) is 3.89. The zero-order valence-corrected chi connectivity index (χ0v) is 14.1. The molecule has 0 bridgehead atoms. The third kappa shape index (κ3) is 3.25. The minimum Gasteiger partial charge on any atom is -0.376 e. The van der Waals surface area contributed by atoms with E-state index in [1.165, 1.54) is 0 Å². The van der Waals surface area contributed by atoms with Crippen molar-refractivity contribution in [3.05, 3.63) is 53.9 Å². The van der Waals surface area contributed by atoms with Crippen LogP contribution in [0.4, 0.5) is 0 Å². The van der Waals surface area contributed by atoms with Gasteiger partial charge in [-0.15, -0.1) is 0 Å². The first-order valence-electron chi connectivity index (χ1n) is 8.53. The molecule has 1 atom stereocenters. The molecule has 1 aliphatic heterocycles. The zero-order chi connectivity index (χ0) is 17.2. The van der Waals surface area contributed by atoms with E-state index in [4.69, 9.17) is 4.74 Å². The molecule has 1 amide bonds. The van der Waals surface area contributed by atoms with Crippen LogP contribution in [0.3, 0.4) is 0 Å². The van der Waals surface area contributed by atoms with Gasteiger partial charge in [-0.3, -0.25) is 4.79 Å². The van der Waals surface area contributed by atoms with E-state index in [-0.39, 0.29) is 12.0 Å².